The lowest BCUT2D eigenvalue weighted by molar-refractivity contribution is -0.154. The van der Waals surface area contributed by atoms with Crippen LogP contribution in [0.4, 0.5) is 4.79 Å². The van der Waals surface area contributed by atoms with Gasteiger partial charge in [0, 0.05) is 0 Å². The Morgan fingerprint density at radius 2 is 1.88 bits per heavy atom. The number of unbranched alkanes of at least 4 members (excludes halogenated alkanes) is 3. The minimum atomic E-state index is -1.46. The summed E-state index contributed by atoms with van der Waals surface area (Å²) >= 11 is 0. The van der Waals surface area contributed by atoms with E-state index in [9.17, 15) is 19.5 Å². The van der Waals surface area contributed by atoms with Crippen molar-refractivity contribution in [2.24, 2.45) is 5.92 Å². The number of rotatable bonds is 9. The van der Waals surface area contributed by atoms with Crippen LogP contribution in [0, 0.1) is 5.92 Å². The van der Waals surface area contributed by atoms with Crippen molar-refractivity contribution in [3.8, 4) is 0 Å². The summed E-state index contributed by atoms with van der Waals surface area (Å²) in [6, 6.07) is -1.11. The average molecular weight is 352 g/mol. The second-order valence-electron chi connectivity index (χ2n) is 7.81. The molecule has 0 radical (unpaired) electrons. The maximum atomic E-state index is 12.8. The maximum absolute atomic E-state index is 12.8. The molecule has 6 nitrogen and oxygen atoms in total. The Kier molecular flexibility index (Phi) is 6.85. The highest BCUT2D eigenvalue weighted by atomic mass is 16.4. The fraction of sp³-hybridized carbons (Fsp3) is 0.842. The summed E-state index contributed by atoms with van der Waals surface area (Å²) in [5, 5.41) is 12.5. The number of amides is 3. The van der Waals surface area contributed by atoms with Gasteiger partial charge in [0.25, 0.3) is 5.91 Å². The van der Waals surface area contributed by atoms with Crippen LogP contribution >= 0.6 is 0 Å². The SMILES string of the molecule is CCCCCCC(C)(C(=O)O)N1C(=O)NC(CC2CCCCC2)C1=O. The zero-order valence-corrected chi connectivity index (χ0v) is 15.6. The third-order valence-electron chi connectivity index (χ3n) is 5.78. The Balaban J connectivity index is 2.05. The molecule has 2 aliphatic rings. The monoisotopic (exact) mass is 352 g/mol. The number of urea groups is 1. The zero-order chi connectivity index (χ0) is 18.4. The van der Waals surface area contributed by atoms with E-state index >= 15 is 0 Å². The van der Waals surface area contributed by atoms with Crippen LogP contribution in [0.2, 0.25) is 0 Å². The molecule has 1 aliphatic carbocycles. The fourth-order valence-corrected chi connectivity index (χ4v) is 4.12. The molecule has 25 heavy (non-hydrogen) atoms. The lowest BCUT2D eigenvalue weighted by Gasteiger charge is -2.33. The highest BCUT2D eigenvalue weighted by molar-refractivity contribution is 6.08. The normalized spacial score (nSPS) is 24.2. The van der Waals surface area contributed by atoms with E-state index in [1.807, 2.05) is 0 Å². The van der Waals surface area contributed by atoms with Gasteiger partial charge in [0.15, 0.2) is 0 Å². The van der Waals surface area contributed by atoms with Gasteiger partial charge < -0.3 is 10.4 Å². The van der Waals surface area contributed by atoms with Gasteiger partial charge in [-0.15, -0.1) is 0 Å². The van der Waals surface area contributed by atoms with Gasteiger partial charge in [-0.05, 0) is 25.7 Å². The molecule has 6 heteroatoms. The number of carbonyl (C=O) groups excluding carboxylic acids is 2. The molecule has 0 spiro atoms. The molecule has 0 aromatic heterocycles. The number of hydrogen-bond acceptors (Lipinski definition) is 3. The van der Waals surface area contributed by atoms with Gasteiger partial charge in [-0.1, -0.05) is 64.7 Å². The molecule has 3 amide bonds. The van der Waals surface area contributed by atoms with E-state index < -0.39 is 23.6 Å². The summed E-state index contributed by atoms with van der Waals surface area (Å²) in [5.74, 6) is -1.02. The van der Waals surface area contributed by atoms with E-state index in [0.717, 1.165) is 37.0 Å². The summed E-state index contributed by atoms with van der Waals surface area (Å²) in [5.41, 5.74) is -1.46. The number of imide groups is 1. The van der Waals surface area contributed by atoms with Crippen molar-refractivity contribution in [2.45, 2.75) is 96.1 Å². The van der Waals surface area contributed by atoms with Crippen LogP contribution in [0.3, 0.4) is 0 Å². The molecule has 2 rings (SSSR count). The number of carboxylic acid groups (broad SMARTS) is 1. The van der Waals surface area contributed by atoms with Crippen molar-refractivity contribution >= 4 is 17.9 Å². The standard InChI is InChI=1S/C19H32N2O4/c1-3-4-5-9-12-19(2,17(23)24)21-16(22)15(20-18(21)25)13-14-10-7-6-8-11-14/h14-15H,3-13H2,1-2H3,(H,20,25)(H,23,24). The third-order valence-corrected chi connectivity index (χ3v) is 5.78. The van der Waals surface area contributed by atoms with E-state index in [1.165, 1.54) is 26.2 Å². The van der Waals surface area contributed by atoms with Crippen molar-refractivity contribution in [1.29, 1.82) is 0 Å². The second-order valence-corrected chi connectivity index (χ2v) is 7.81. The molecular weight excluding hydrogens is 320 g/mol. The summed E-state index contributed by atoms with van der Waals surface area (Å²) in [4.78, 5) is 38.1. The van der Waals surface area contributed by atoms with Gasteiger partial charge in [0.05, 0.1) is 0 Å². The van der Waals surface area contributed by atoms with E-state index in [-0.39, 0.29) is 5.91 Å². The molecule has 1 aliphatic heterocycles. The van der Waals surface area contributed by atoms with E-state index in [1.54, 1.807) is 0 Å². The van der Waals surface area contributed by atoms with Crippen molar-refractivity contribution in [3.63, 3.8) is 0 Å². The van der Waals surface area contributed by atoms with Gasteiger partial charge in [0.1, 0.15) is 11.6 Å². The van der Waals surface area contributed by atoms with Crippen LogP contribution in [-0.4, -0.2) is 39.5 Å². The molecule has 2 atom stereocenters. The van der Waals surface area contributed by atoms with E-state index in [0.29, 0.717) is 25.2 Å². The third kappa shape index (κ3) is 4.53. The largest absolute Gasteiger partial charge is 0.479 e. The first-order chi connectivity index (χ1) is 11.9. The number of hydrogen-bond donors (Lipinski definition) is 2. The molecule has 2 fully saturated rings. The highest BCUT2D eigenvalue weighted by Gasteiger charge is 2.52. The summed E-state index contributed by atoms with van der Waals surface area (Å²) in [6.07, 6.45) is 10.4. The fourth-order valence-electron chi connectivity index (χ4n) is 4.12. The molecule has 0 bridgehead atoms. The Morgan fingerprint density at radius 3 is 2.48 bits per heavy atom. The molecule has 1 saturated heterocycles. The highest BCUT2D eigenvalue weighted by Crippen LogP contribution is 2.32. The lowest BCUT2D eigenvalue weighted by atomic mass is 9.84. The van der Waals surface area contributed by atoms with Crippen LogP contribution < -0.4 is 5.32 Å². The van der Waals surface area contributed by atoms with Crippen molar-refractivity contribution in [2.75, 3.05) is 0 Å². The topological polar surface area (TPSA) is 86.7 Å². The summed E-state index contributed by atoms with van der Waals surface area (Å²) < 4.78 is 0. The quantitative estimate of drug-likeness (QED) is 0.489. The number of nitrogens with one attached hydrogen (secondary N) is 1. The molecule has 2 unspecified atom stereocenters. The summed E-state index contributed by atoms with van der Waals surface area (Å²) in [7, 11) is 0. The minimum absolute atomic E-state index is 0.303. The van der Waals surface area contributed by atoms with Crippen LogP contribution in [0.15, 0.2) is 0 Å². The molecule has 142 valence electrons. The zero-order valence-electron chi connectivity index (χ0n) is 15.6. The number of nitrogens with zero attached hydrogens (tertiary/aromatic N) is 1. The van der Waals surface area contributed by atoms with Crippen molar-refractivity contribution in [3.05, 3.63) is 0 Å². The molecule has 0 aromatic carbocycles. The molecule has 1 saturated carbocycles. The van der Waals surface area contributed by atoms with Crippen molar-refractivity contribution < 1.29 is 19.5 Å². The number of aliphatic carboxylic acids is 1. The molecule has 2 N–H and O–H groups in total. The number of carbonyl (C=O) groups is 3. The minimum Gasteiger partial charge on any atom is -0.479 e. The van der Waals surface area contributed by atoms with Gasteiger partial charge in [-0.3, -0.25) is 4.79 Å². The predicted octanol–water partition coefficient (Wildman–Crippen LogP) is 3.69. The summed E-state index contributed by atoms with van der Waals surface area (Å²) in [6.45, 7) is 3.59. The first-order valence-corrected chi connectivity index (χ1v) is 9.78. The Hall–Kier alpha value is -1.59. The first kappa shape index (κ1) is 19.7. The number of carboxylic acids is 1. The van der Waals surface area contributed by atoms with Gasteiger partial charge in [-0.25, -0.2) is 14.5 Å². The van der Waals surface area contributed by atoms with E-state index in [2.05, 4.69) is 12.2 Å². The van der Waals surface area contributed by atoms with Crippen LogP contribution in [0.1, 0.15) is 84.5 Å². The smallest absolute Gasteiger partial charge is 0.329 e. The molecular formula is C19H32N2O4. The molecule has 1 heterocycles. The lowest BCUT2D eigenvalue weighted by Crippen LogP contribution is -2.55. The van der Waals surface area contributed by atoms with Gasteiger partial charge >= 0.3 is 12.0 Å². The van der Waals surface area contributed by atoms with Crippen LogP contribution in [0.25, 0.3) is 0 Å². The van der Waals surface area contributed by atoms with Crippen molar-refractivity contribution in [1.82, 2.24) is 10.2 Å². The Morgan fingerprint density at radius 1 is 1.20 bits per heavy atom. The Bertz CT molecular complexity index is 502. The van der Waals surface area contributed by atoms with Gasteiger partial charge in [-0.2, -0.15) is 0 Å². The maximum Gasteiger partial charge on any atom is 0.329 e. The van der Waals surface area contributed by atoms with E-state index in [4.69, 9.17) is 0 Å². The van der Waals surface area contributed by atoms with Crippen LogP contribution in [-0.2, 0) is 9.59 Å². The first-order valence-electron chi connectivity index (χ1n) is 9.78. The average Bonchev–Trinajstić information content (AvgIpc) is 2.86. The Labute approximate surface area is 150 Å². The van der Waals surface area contributed by atoms with Gasteiger partial charge in [0.2, 0.25) is 0 Å². The second kappa shape index (κ2) is 8.68. The molecule has 0 aromatic rings. The predicted molar refractivity (Wildman–Crippen MR) is 95.2 cm³/mol. The van der Waals surface area contributed by atoms with Crippen LogP contribution in [0.5, 0.6) is 0 Å².